The Morgan fingerprint density at radius 3 is 2.77 bits per heavy atom. The van der Waals surface area contributed by atoms with Gasteiger partial charge >= 0.3 is 0 Å². The number of amides is 1. The molecule has 4 rings (SSSR count). The summed E-state index contributed by atoms with van der Waals surface area (Å²) in [5.74, 6) is 1.80. The highest BCUT2D eigenvalue weighted by Crippen LogP contribution is 2.41. The van der Waals surface area contributed by atoms with E-state index < -0.39 is 0 Å². The summed E-state index contributed by atoms with van der Waals surface area (Å²) in [5, 5.41) is 7.27. The van der Waals surface area contributed by atoms with E-state index in [0.717, 1.165) is 53.4 Å². The Bertz CT molecular complexity index is 1020. The number of thiocarbonyl (C=S) groups is 1. The molecule has 0 aromatic heterocycles. The summed E-state index contributed by atoms with van der Waals surface area (Å²) in [7, 11) is 1.66. The van der Waals surface area contributed by atoms with Crippen LogP contribution in [0.3, 0.4) is 0 Å². The Morgan fingerprint density at radius 2 is 2.06 bits per heavy atom. The molecule has 6 nitrogen and oxygen atoms in total. The van der Waals surface area contributed by atoms with Crippen molar-refractivity contribution in [3.05, 3.63) is 47.5 Å². The van der Waals surface area contributed by atoms with Gasteiger partial charge in [-0.25, -0.2) is 0 Å². The van der Waals surface area contributed by atoms with Gasteiger partial charge in [0.1, 0.15) is 17.1 Å². The highest BCUT2D eigenvalue weighted by atomic mass is 32.1. The number of rotatable bonds is 4. The predicted octanol–water partition coefficient (Wildman–Crippen LogP) is 4.72. The smallest absolute Gasteiger partial charge is 0.227 e. The third-order valence-corrected chi connectivity index (χ3v) is 6.03. The molecule has 1 amide bonds. The van der Waals surface area contributed by atoms with E-state index in [2.05, 4.69) is 24.5 Å². The minimum absolute atomic E-state index is 0.0149. The molecule has 1 fully saturated rings. The normalized spacial score (nSPS) is 19.4. The van der Waals surface area contributed by atoms with Crippen molar-refractivity contribution in [2.75, 3.05) is 23.9 Å². The monoisotopic (exact) mass is 439 g/mol. The summed E-state index contributed by atoms with van der Waals surface area (Å²) in [6.07, 6.45) is 2.27. The lowest BCUT2D eigenvalue weighted by Crippen LogP contribution is -2.42. The first kappa shape index (κ1) is 21.4. The number of carbonyl (C=O) groups is 1. The third-order valence-electron chi connectivity index (χ3n) is 5.81. The zero-order valence-corrected chi connectivity index (χ0v) is 19.3. The van der Waals surface area contributed by atoms with Gasteiger partial charge in [0.15, 0.2) is 5.11 Å². The number of ether oxygens (including phenoxy) is 2. The van der Waals surface area contributed by atoms with Gasteiger partial charge < -0.3 is 25.0 Å². The van der Waals surface area contributed by atoms with Gasteiger partial charge in [0, 0.05) is 36.3 Å². The first-order valence-electron chi connectivity index (χ1n) is 10.6. The van der Waals surface area contributed by atoms with E-state index >= 15 is 0 Å². The second kappa shape index (κ2) is 8.38. The van der Waals surface area contributed by atoms with Crippen molar-refractivity contribution in [1.82, 2.24) is 5.32 Å². The Hall–Kier alpha value is -2.80. The molecular weight excluding hydrogens is 410 g/mol. The molecule has 2 aliphatic heterocycles. The van der Waals surface area contributed by atoms with Crippen LogP contribution < -0.4 is 25.0 Å². The van der Waals surface area contributed by atoms with Gasteiger partial charge in [-0.15, -0.1) is 0 Å². The highest BCUT2D eigenvalue weighted by molar-refractivity contribution is 7.80. The van der Waals surface area contributed by atoms with Gasteiger partial charge in [-0.05, 0) is 75.3 Å². The largest absolute Gasteiger partial charge is 0.497 e. The van der Waals surface area contributed by atoms with E-state index in [4.69, 9.17) is 21.7 Å². The minimum Gasteiger partial charge on any atom is -0.497 e. The van der Waals surface area contributed by atoms with Crippen molar-refractivity contribution in [3.63, 3.8) is 0 Å². The second-order valence-electron chi connectivity index (χ2n) is 8.77. The fourth-order valence-electron chi connectivity index (χ4n) is 4.29. The van der Waals surface area contributed by atoms with Gasteiger partial charge in [-0.2, -0.15) is 0 Å². The Balaban J connectivity index is 1.52. The van der Waals surface area contributed by atoms with Gasteiger partial charge in [0.25, 0.3) is 0 Å². The molecule has 0 saturated carbocycles. The molecule has 0 spiro atoms. The Kier molecular flexibility index (Phi) is 5.79. The Morgan fingerprint density at radius 1 is 1.26 bits per heavy atom. The number of nitrogens with one attached hydrogen (secondary N) is 2. The summed E-state index contributed by atoms with van der Waals surface area (Å²) in [4.78, 5) is 14.1. The summed E-state index contributed by atoms with van der Waals surface area (Å²) in [6.45, 7) is 6.94. The number of hydrogen-bond donors (Lipinski definition) is 2. The lowest BCUT2D eigenvalue weighted by Gasteiger charge is -2.38. The van der Waals surface area contributed by atoms with Crippen molar-refractivity contribution in [2.45, 2.75) is 51.7 Å². The minimum atomic E-state index is -0.317. The lowest BCUT2D eigenvalue weighted by atomic mass is 9.89. The van der Waals surface area contributed by atoms with Crippen LogP contribution in [0.25, 0.3) is 0 Å². The van der Waals surface area contributed by atoms with Crippen molar-refractivity contribution < 1.29 is 14.3 Å². The molecule has 164 valence electrons. The molecule has 1 saturated heterocycles. The molecule has 31 heavy (non-hydrogen) atoms. The number of anilines is 2. The first-order chi connectivity index (χ1) is 14.8. The number of aryl methyl sites for hydroxylation is 1. The molecular formula is C24H29N3O3S. The number of fused-ring (bicyclic) bond motifs is 1. The fourth-order valence-corrected chi connectivity index (χ4v) is 4.55. The molecule has 2 heterocycles. The maximum Gasteiger partial charge on any atom is 0.227 e. The molecule has 1 unspecified atom stereocenters. The van der Waals surface area contributed by atoms with Crippen LogP contribution in [0, 0.1) is 6.92 Å². The quantitative estimate of drug-likeness (QED) is 0.672. The van der Waals surface area contributed by atoms with Crippen LogP contribution in [0.2, 0.25) is 0 Å². The number of methoxy groups -OCH3 is 1. The van der Waals surface area contributed by atoms with Gasteiger partial charge in [0.2, 0.25) is 5.91 Å². The van der Waals surface area contributed by atoms with Crippen LogP contribution in [0.1, 0.15) is 50.3 Å². The topological polar surface area (TPSA) is 62.8 Å². The molecule has 7 heteroatoms. The van der Waals surface area contributed by atoms with Crippen LogP contribution >= 0.6 is 12.2 Å². The van der Waals surface area contributed by atoms with Crippen LogP contribution in [0.4, 0.5) is 11.4 Å². The average molecular weight is 440 g/mol. The van der Waals surface area contributed by atoms with Crippen molar-refractivity contribution in [3.8, 4) is 11.5 Å². The van der Waals surface area contributed by atoms with E-state index in [1.807, 2.05) is 48.2 Å². The SMILES string of the molecule is COc1ccc2c(c1)C(NC(=S)Nc1ccc(C)c(N3CCCC3=O)c1)CC(C)(C)O2. The summed E-state index contributed by atoms with van der Waals surface area (Å²) >= 11 is 5.64. The number of hydrogen-bond acceptors (Lipinski definition) is 4. The molecule has 0 aliphatic carbocycles. The van der Waals surface area contributed by atoms with E-state index in [0.29, 0.717) is 11.5 Å². The zero-order chi connectivity index (χ0) is 22.2. The predicted molar refractivity (Wildman–Crippen MR) is 127 cm³/mol. The van der Waals surface area contributed by atoms with Crippen molar-refractivity contribution in [1.29, 1.82) is 0 Å². The molecule has 2 aromatic carbocycles. The van der Waals surface area contributed by atoms with Gasteiger partial charge in [-0.3, -0.25) is 4.79 Å². The van der Waals surface area contributed by atoms with E-state index in [9.17, 15) is 4.79 Å². The van der Waals surface area contributed by atoms with Crippen LogP contribution in [-0.2, 0) is 4.79 Å². The van der Waals surface area contributed by atoms with Crippen molar-refractivity contribution in [2.24, 2.45) is 0 Å². The summed E-state index contributed by atoms with van der Waals surface area (Å²) in [5.41, 5.74) is 3.58. The van der Waals surface area contributed by atoms with Crippen molar-refractivity contribution >= 4 is 34.6 Å². The maximum absolute atomic E-state index is 12.2. The average Bonchev–Trinajstić information content (AvgIpc) is 3.14. The van der Waals surface area contributed by atoms with Gasteiger partial charge in [0.05, 0.1) is 13.2 Å². The molecule has 0 radical (unpaired) electrons. The third kappa shape index (κ3) is 4.61. The van der Waals surface area contributed by atoms with Crippen LogP contribution in [0.15, 0.2) is 36.4 Å². The number of benzene rings is 2. The zero-order valence-electron chi connectivity index (χ0n) is 18.5. The Labute approximate surface area is 188 Å². The summed E-state index contributed by atoms with van der Waals surface area (Å²) in [6, 6.07) is 11.8. The fraction of sp³-hybridized carbons (Fsp3) is 0.417. The first-order valence-corrected chi connectivity index (χ1v) is 11.0. The molecule has 1 atom stereocenters. The van der Waals surface area contributed by atoms with Gasteiger partial charge in [-0.1, -0.05) is 6.07 Å². The number of nitrogens with zero attached hydrogens (tertiary/aromatic N) is 1. The standard InChI is InChI=1S/C24H29N3O3S/c1-15-7-8-16(12-20(15)27-11-5-6-22(27)28)25-23(31)26-19-14-24(2,3)30-21-10-9-17(29-4)13-18(19)21/h7-10,12-13,19H,5-6,11,14H2,1-4H3,(H2,25,26,31). The number of carbonyl (C=O) groups excluding carboxylic acids is 1. The second-order valence-corrected chi connectivity index (χ2v) is 9.18. The van der Waals surface area contributed by atoms with E-state index in [1.54, 1.807) is 7.11 Å². The summed E-state index contributed by atoms with van der Waals surface area (Å²) < 4.78 is 11.5. The lowest BCUT2D eigenvalue weighted by molar-refractivity contribution is -0.117. The molecule has 2 aliphatic rings. The van der Waals surface area contributed by atoms with Crippen LogP contribution in [0.5, 0.6) is 11.5 Å². The maximum atomic E-state index is 12.2. The van der Waals surface area contributed by atoms with E-state index in [1.165, 1.54) is 0 Å². The highest BCUT2D eigenvalue weighted by Gasteiger charge is 2.34. The molecule has 2 aromatic rings. The molecule has 2 N–H and O–H groups in total. The molecule has 0 bridgehead atoms. The van der Waals surface area contributed by atoms with Crippen LogP contribution in [-0.4, -0.2) is 30.3 Å². The van der Waals surface area contributed by atoms with E-state index in [-0.39, 0.29) is 17.6 Å².